The van der Waals surface area contributed by atoms with Crippen molar-refractivity contribution in [1.82, 2.24) is 4.90 Å². The van der Waals surface area contributed by atoms with Crippen LogP contribution in [0, 0.1) is 11.3 Å². The normalized spacial score (nSPS) is 12.2. The van der Waals surface area contributed by atoms with Crippen molar-refractivity contribution in [3.8, 4) is 17.6 Å². The van der Waals surface area contributed by atoms with E-state index in [0.717, 1.165) is 11.6 Å². The average molecular weight is 773 g/mol. The maximum Gasteiger partial charge on any atom is 0.409 e. The molecule has 0 spiro atoms. The molecule has 3 N–H and O–H groups in total. The van der Waals surface area contributed by atoms with Gasteiger partial charge < -0.3 is 34.9 Å². The second-order valence-electron chi connectivity index (χ2n) is 14.3. The molecule has 1 unspecified atom stereocenters. The molecule has 2 amide bonds. The molecule has 14 heteroatoms. The molecule has 11 nitrogen and oxygen atoms in total. The largest absolute Gasteiger partial charge is 0.489 e. The van der Waals surface area contributed by atoms with Crippen LogP contribution in [0.15, 0.2) is 91.0 Å². The van der Waals surface area contributed by atoms with Crippen molar-refractivity contribution in [2.75, 3.05) is 24.3 Å². The van der Waals surface area contributed by atoms with Crippen molar-refractivity contribution in [2.24, 2.45) is 0 Å². The second kappa shape index (κ2) is 19.4. The molecule has 0 saturated heterocycles. The fourth-order valence-electron chi connectivity index (χ4n) is 5.56. The molecule has 290 valence electrons. The van der Waals surface area contributed by atoms with Gasteiger partial charge in [-0.2, -0.15) is 14.0 Å². The van der Waals surface area contributed by atoms with E-state index in [-0.39, 0.29) is 37.5 Å². The Balaban J connectivity index is 1.55. The quantitative estimate of drug-likeness (QED) is 0.0842. The molecule has 0 radical (unpaired) electrons. The van der Waals surface area contributed by atoms with Gasteiger partial charge in [-0.3, -0.25) is 4.79 Å². The molecule has 0 heterocycles. The summed E-state index contributed by atoms with van der Waals surface area (Å²) in [7, 11) is 0.0325. The number of carbonyl (C=O) groups is 3. The molecule has 4 aromatic rings. The maximum atomic E-state index is 13.5. The Labute approximate surface area is 320 Å². The van der Waals surface area contributed by atoms with Gasteiger partial charge in [0.05, 0.1) is 24.8 Å². The first-order valence-electron chi connectivity index (χ1n) is 17.7. The smallest absolute Gasteiger partial charge is 0.409 e. The third-order valence-electron chi connectivity index (χ3n) is 8.56. The highest BCUT2D eigenvalue weighted by atomic mass is 28.3. The predicted octanol–water partition coefficient (Wildman–Crippen LogP) is 9.02. The molecule has 0 fully saturated rings. The van der Waals surface area contributed by atoms with Crippen LogP contribution in [0.3, 0.4) is 0 Å². The fraction of sp³-hybridized carbons (Fsp3) is 0.317. The number of nitrogens with zero attached hydrogens (tertiary/aromatic N) is 2. The molecular weight excluding hydrogens is 727 g/mol. The summed E-state index contributed by atoms with van der Waals surface area (Å²) in [6.07, 6.45) is -0.672. The number of rotatable bonds is 18. The zero-order valence-electron chi connectivity index (χ0n) is 31.5. The molecule has 2 atom stereocenters. The van der Waals surface area contributed by atoms with Gasteiger partial charge in [-0.05, 0) is 83.2 Å². The Morgan fingerprint density at radius 1 is 0.927 bits per heavy atom. The van der Waals surface area contributed by atoms with Crippen LogP contribution in [0.5, 0.6) is 11.5 Å². The van der Waals surface area contributed by atoms with Crippen LogP contribution < -0.4 is 20.1 Å². The lowest BCUT2D eigenvalue weighted by molar-refractivity contribution is -0.138. The minimum atomic E-state index is -3.11. The third kappa shape index (κ3) is 13.1. The molecule has 4 aromatic carbocycles. The summed E-state index contributed by atoms with van der Waals surface area (Å²) >= 11 is 0. The number of carbonyl (C=O) groups excluding carboxylic acids is 2. The van der Waals surface area contributed by atoms with E-state index in [1.165, 1.54) is 30.1 Å². The zero-order valence-corrected chi connectivity index (χ0v) is 32.5. The Kier molecular flexibility index (Phi) is 14.7. The monoisotopic (exact) mass is 772 g/mol. The van der Waals surface area contributed by atoms with Crippen LogP contribution >= 0.6 is 0 Å². The molecule has 0 aromatic heterocycles. The van der Waals surface area contributed by atoms with Gasteiger partial charge in [0.2, 0.25) is 5.91 Å². The van der Waals surface area contributed by atoms with E-state index in [1.54, 1.807) is 42.5 Å². The van der Waals surface area contributed by atoms with Crippen molar-refractivity contribution in [2.45, 2.75) is 70.8 Å². The van der Waals surface area contributed by atoms with Gasteiger partial charge in [-0.15, -0.1) is 0 Å². The summed E-state index contributed by atoms with van der Waals surface area (Å²) in [5, 5.41) is 25.2. The first-order chi connectivity index (χ1) is 26.1. The van der Waals surface area contributed by atoms with Crippen molar-refractivity contribution in [3.05, 3.63) is 119 Å². The Morgan fingerprint density at radius 3 is 2.24 bits per heavy atom. The predicted molar refractivity (Wildman–Crippen MR) is 208 cm³/mol. The maximum absolute atomic E-state index is 13.5. The number of nitriles is 1. The number of hydrogen-bond donors (Lipinski definition) is 3. The Bertz CT molecular complexity index is 1970. The van der Waals surface area contributed by atoms with E-state index in [0.29, 0.717) is 33.8 Å². The molecule has 4 rings (SSSR count). The van der Waals surface area contributed by atoms with Crippen molar-refractivity contribution in [3.63, 3.8) is 0 Å². The standard InChI is InChI=1S/C41H46F2N4O7Si/c1-27(21-37(48)45-33-16-18-35(54-40(42)43)31(22-33)25-47(2)41(51)52-19-20-55(3,4)5)34-23-30(13-17-36(34)53-26-29-9-7-6-8-10-29)38(39(49)50)46-32-14-11-28(24-44)12-15-32/h6-18,22-23,27,38,40,46H,19-21,25-26H2,1-5H3,(H,45,48)(H,49,50)/t27-,38?/m1/s1. The van der Waals surface area contributed by atoms with Crippen LogP contribution in [0.2, 0.25) is 25.7 Å². The van der Waals surface area contributed by atoms with Crippen molar-refractivity contribution >= 4 is 37.4 Å². The first kappa shape index (κ1) is 41.8. The summed E-state index contributed by atoms with van der Waals surface area (Å²) in [5.41, 5.74) is 3.37. The summed E-state index contributed by atoms with van der Waals surface area (Å²) in [4.78, 5) is 39.9. The molecular formula is C41H46F2N4O7Si. The first-order valence-corrected chi connectivity index (χ1v) is 21.4. The highest BCUT2D eigenvalue weighted by Crippen LogP contribution is 2.34. The highest BCUT2D eigenvalue weighted by Gasteiger charge is 2.25. The van der Waals surface area contributed by atoms with Gasteiger partial charge in [-0.1, -0.05) is 63.0 Å². The lowest BCUT2D eigenvalue weighted by Gasteiger charge is -2.22. The van der Waals surface area contributed by atoms with E-state index in [4.69, 9.17) is 19.5 Å². The lowest BCUT2D eigenvalue weighted by Crippen LogP contribution is -2.30. The highest BCUT2D eigenvalue weighted by molar-refractivity contribution is 6.76. The molecule has 0 aliphatic heterocycles. The van der Waals surface area contributed by atoms with E-state index < -0.39 is 44.6 Å². The van der Waals surface area contributed by atoms with Crippen LogP contribution in [-0.4, -0.2) is 56.3 Å². The van der Waals surface area contributed by atoms with Gasteiger partial charge in [-0.25, -0.2) is 9.59 Å². The number of carboxylic acids is 1. The third-order valence-corrected chi connectivity index (χ3v) is 10.3. The number of carboxylic acid groups (broad SMARTS) is 1. The fourth-order valence-corrected chi connectivity index (χ4v) is 6.27. The van der Waals surface area contributed by atoms with E-state index in [9.17, 15) is 28.3 Å². The van der Waals surface area contributed by atoms with E-state index in [2.05, 4.69) is 30.3 Å². The lowest BCUT2D eigenvalue weighted by atomic mass is 9.92. The van der Waals surface area contributed by atoms with Gasteiger partial charge >= 0.3 is 18.7 Å². The van der Waals surface area contributed by atoms with Gasteiger partial charge in [0.15, 0.2) is 6.04 Å². The van der Waals surface area contributed by atoms with Crippen LogP contribution in [0.4, 0.5) is 25.0 Å². The van der Waals surface area contributed by atoms with Crippen LogP contribution in [-0.2, 0) is 27.5 Å². The Hall–Kier alpha value is -5.94. The van der Waals surface area contributed by atoms with E-state index >= 15 is 0 Å². The number of ether oxygens (including phenoxy) is 3. The average Bonchev–Trinajstić information content (AvgIpc) is 3.13. The van der Waals surface area contributed by atoms with Gasteiger partial charge in [0, 0.05) is 38.5 Å². The summed E-state index contributed by atoms with van der Waals surface area (Å²) in [5.74, 6) is -1.72. The van der Waals surface area contributed by atoms with Gasteiger partial charge in [0.25, 0.3) is 0 Å². The number of amides is 2. The number of anilines is 2. The SMILES string of the molecule is C[C@H](CC(=O)Nc1ccc(OC(F)F)c(CN(C)C(=O)OCC[Si](C)(C)C)c1)c1cc(C(Nc2ccc(C#N)cc2)C(=O)O)ccc1OCc1ccccc1. The number of benzene rings is 4. The summed E-state index contributed by atoms with van der Waals surface area (Å²) in [6.45, 7) is 5.53. The number of aliphatic carboxylic acids is 1. The molecule has 0 saturated carbocycles. The van der Waals surface area contributed by atoms with Crippen molar-refractivity contribution < 1.29 is 42.5 Å². The van der Waals surface area contributed by atoms with Gasteiger partial charge in [0.1, 0.15) is 18.1 Å². The summed E-state index contributed by atoms with van der Waals surface area (Å²) in [6, 6.07) is 26.8. The number of hydrogen-bond acceptors (Lipinski definition) is 8. The van der Waals surface area contributed by atoms with Crippen LogP contribution in [0.25, 0.3) is 0 Å². The zero-order chi connectivity index (χ0) is 40.1. The molecule has 0 aliphatic carbocycles. The van der Waals surface area contributed by atoms with E-state index in [1.807, 2.05) is 43.3 Å². The molecule has 55 heavy (non-hydrogen) atoms. The number of alkyl halides is 2. The number of nitrogens with one attached hydrogen (secondary N) is 2. The topological polar surface area (TPSA) is 150 Å². The minimum absolute atomic E-state index is 0.0557. The van der Waals surface area contributed by atoms with Crippen LogP contribution in [0.1, 0.15) is 53.1 Å². The minimum Gasteiger partial charge on any atom is -0.489 e. The Morgan fingerprint density at radius 2 is 1.60 bits per heavy atom. The second-order valence-corrected chi connectivity index (χ2v) is 19.9. The molecule has 0 bridgehead atoms. The summed E-state index contributed by atoms with van der Waals surface area (Å²) < 4.78 is 42.9. The molecule has 0 aliphatic rings. The van der Waals surface area contributed by atoms with Crippen molar-refractivity contribution in [1.29, 1.82) is 5.26 Å². The number of halogens is 2.